The topological polar surface area (TPSA) is 80.1 Å². The zero-order valence-corrected chi connectivity index (χ0v) is 83.8. The van der Waals surface area contributed by atoms with E-state index < -0.39 is 0 Å². The highest BCUT2D eigenvalue weighted by Crippen LogP contribution is 2.43. The van der Waals surface area contributed by atoms with E-state index in [4.69, 9.17) is 38.4 Å². The fourth-order valence-corrected chi connectivity index (χ4v) is 17.9. The quantitative estimate of drug-likeness (QED) is 0.0414. The van der Waals surface area contributed by atoms with E-state index in [1.165, 1.54) is 501 Å². The van der Waals surface area contributed by atoms with Crippen LogP contribution in [0.1, 0.15) is 592 Å². The van der Waals surface area contributed by atoms with Gasteiger partial charge in [0, 0.05) is 23.6 Å². The molecule has 0 aromatic heterocycles. The fraction of sp³-hybridized carbons (Fsp3) is 0.828. The number of rotatable bonds is 100. The number of unbranched alkanes of at least 4 members (excludes halogenated alkanes) is 78. The number of aliphatic imine (C=N–C) groups is 2. The largest absolute Gasteiger partial charge is 0.490 e. The molecule has 0 aliphatic heterocycles. The fourth-order valence-electron chi connectivity index (χ4n) is 17.9. The van der Waals surface area contributed by atoms with E-state index in [1.807, 2.05) is 12.4 Å². The van der Waals surface area contributed by atoms with Gasteiger partial charge in [0.2, 0.25) is 11.5 Å². The Morgan fingerprint density at radius 1 is 0.153 bits per heavy atom. The van der Waals surface area contributed by atoms with Gasteiger partial charge in [-0.15, -0.1) is 0 Å². The van der Waals surface area contributed by atoms with Crippen LogP contribution in [0.3, 0.4) is 0 Å². The van der Waals surface area contributed by atoms with Gasteiger partial charge < -0.3 is 28.4 Å². The lowest BCUT2D eigenvalue weighted by Crippen LogP contribution is -2.08. The molecule has 3 rings (SSSR count). The molecule has 0 radical (unpaired) electrons. The summed E-state index contributed by atoms with van der Waals surface area (Å²) < 4.78 is 41.4. The maximum atomic E-state index is 6.99. The summed E-state index contributed by atoms with van der Waals surface area (Å²) in [5.41, 5.74) is 3.56. The lowest BCUT2D eigenvalue weighted by molar-refractivity contribution is 0.234. The van der Waals surface area contributed by atoms with Crippen molar-refractivity contribution in [1.29, 1.82) is 0 Å². The van der Waals surface area contributed by atoms with Crippen LogP contribution in [0.5, 0.6) is 34.5 Å². The first-order valence-electron chi connectivity index (χ1n) is 55.9. The third-order valence-corrected chi connectivity index (χ3v) is 26.3. The molecule has 0 unspecified atom stereocenters. The van der Waals surface area contributed by atoms with Crippen LogP contribution < -0.4 is 28.4 Å². The van der Waals surface area contributed by atoms with Gasteiger partial charge in [-0.2, -0.15) is 0 Å². The van der Waals surface area contributed by atoms with Crippen LogP contribution in [0.15, 0.2) is 58.5 Å². The minimum atomic E-state index is 0.637. The molecule has 3 aromatic rings. The van der Waals surface area contributed by atoms with Gasteiger partial charge in [-0.3, -0.25) is 9.98 Å². The van der Waals surface area contributed by atoms with Crippen LogP contribution in [0, 0.1) is 0 Å². The van der Waals surface area contributed by atoms with Crippen LogP contribution in [-0.2, 0) is 0 Å². The summed E-state index contributed by atoms with van der Waals surface area (Å²) in [6.45, 7) is 17.8. The molecule has 0 aliphatic rings. The zero-order chi connectivity index (χ0) is 88.1. The molecule has 0 bridgehead atoms. The monoisotopic (exact) mass is 1730 g/mol. The Bertz CT molecular complexity index is 2540. The van der Waals surface area contributed by atoms with Crippen molar-refractivity contribution in [1.82, 2.24) is 0 Å². The second kappa shape index (κ2) is 92.1. The molecule has 0 spiro atoms. The van der Waals surface area contributed by atoms with Crippen molar-refractivity contribution in [3.8, 4) is 34.5 Å². The number of ether oxygens (including phenoxy) is 6. The van der Waals surface area contributed by atoms with Crippen molar-refractivity contribution in [3.63, 3.8) is 0 Å². The third kappa shape index (κ3) is 69.7. The summed E-state index contributed by atoms with van der Waals surface area (Å²) in [5.74, 6) is 4.61. The van der Waals surface area contributed by atoms with E-state index in [9.17, 15) is 0 Å². The summed E-state index contributed by atoms with van der Waals surface area (Å²) in [5, 5.41) is 0. The average molecular weight is 1730 g/mol. The first-order valence-corrected chi connectivity index (χ1v) is 55.9. The Morgan fingerprint density at radius 2 is 0.290 bits per heavy atom. The molecular formula is C116H208N2O6. The molecule has 0 aliphatic carbocycles. The van der Waals surface area contributed by atoms with Crippen LogP contribution in [0.2, 0.25) is 0 Å². The highest BCUT2D eigenvalue weighted by Gasteiger charge is 2.21. The van der Waals surface area contributed by atoms with Gasteiger partial charge in [0.1, 0.15) is 0 Å². The molecule has 3 aromatic carbocycles. The predicted molar refractivity (Wildman–Crippen MR) is 549 cm³/mol. The first-order chi connectivity index (χ1) is 61.6. The summed E-state index contributed by atoms with van der Waals surface area (Å²) in [4.78, 5) is 10.4. The van der Waals surface area contributed by atoms with Crippen molar-refractivity contribution >= 4 is 23.8 Å². The molecule has 0 N–H and O–H groups in total. The van der Waals surface area contributed by atoms with Gasteiger partial charge >= 0.3 is 0 Å². The van der Waals surface area contributed by atoms with Crippen molar-refractivity contribution in [2.75, 3.05) is 39.6 Å². The van der Waals surface area contributed by atoms with Crippen molar-refractivity contribution in [3.05, 3.63) is 59.7 Å². The van der Waals surface area contributed by atoms with Gasteiger partial charge in [-0.1, -0.05) is 542 Å². The van der Waals surface area contributed by atoms with Gasteiger partial charge in [-0.05, 0) is 87.1 Å². The number of hydrogen-bond donors (Lipinski definition) is 0. The van der Waals surface area contributed by atoms with E-state index in [1.54, 1.807) is 0 Å². The number of nitrogens with zero attached hydrogens (tertiary/aromatic N) is 2. The highest BCUT2D eigenvalue weighted by atomic mass is 16.5. The average Bonchev–Trinajstić information content (AvgIpc) is 0.820. The Morgan fingerprint density at radius 3 is 0.452 bits per heavy atom. The summed E-state index contributed by atoms with van der Waals surface area (Å²) in [6.07, 6.45) is 116. The number of benzene rings is 3. The molecule has 0 amide bonds. The van der Waals surface area contributed by atoms with E-state index in [2.05, 4.69) is 90.1 Å². The maximum Gasteiger partial charge on any atom is 0.204 e. The van der Waals surface area contributed by atoms with E-state index in [0.717, 1.165) is 95.5 Å². The molecular weight excluding hydrogens is 1520 g/mol. The molecule has 0 saturated carbocycles. The summed E-state index contributed by atoms with van der Waals surface area (Å²) in [6, 6.07) is 16.9. The zero-order valence-electron chi connectivity index (χ0n) is 83.8. The SMILES string of the molecule is CCCCCCCCCCCCCCCCOc1ccc(C=Nc2ccc(N=Cc3ccc(OCCCCCCCCCCCCCCCC)c(OCCCCCCCCCCCCCCCC)c3OCCCCCCCCCCCCCCCC)cc2)c(OCCCCCCCCCCCCCCCC)c1OCCCCCCCCCCCCCCCC. The lowest BCUT2D eigenvalue weighted by atomic mass is 10.0. The van der Waals surface area contributed by atoms with Crippen LogP contribution in [0.25, 0.3) is 0 Å². The third-order valence-electron chi connectivity index (χ3n) is 26.3. The van der Waals surface area contributed by atoms with Crippen molar-refractivity contribution < 1.29 is 28.4 Å². The van der Waals surface area contributed by atoms with Crippen LogP contribution in [-0.4, -0.2) is 52.1 Å². The molecule has 8 heteroatoms. The summed E-state index contributed by atoms with van der Waals surface area (Å²) in [7, 11) is 0. The smallest absolute Gasteiger partial charge is 0.204 e. The Balaban J connectivity index is 1.90. The summed E-state index contributed by atoms with van der Waals surface area (Å²) >= 11 is 0. The van der Waals surface area contributed by atoms with Gasteiger partial charge in [0.25, 0.3) is 0 Å². The van der Waals surface area contributed by atoms with E-state index in [-0.39, 0.29) is 0 Å². The van der Waals surface area contributed by atoms with Crippen molar-refractivity contribution in [2.24, 2.45) is 9.98 Å². The van der Waals surface area contributed by atoms with Crippen LogP contribution in [0.4, 0.5) is 11.4 Å². The molecule has 124 heavy (non-hydrogen) atoms. The van der Waals surface area contributed by atoms with Gasteiger partial charge in [-0.25, -0.2) is 0 Å². The molecule has 8 nitrogen and oxygen atoms in total. The van der Waals surface area contributed by atoms with Gasteiger partial charge in [0.05, 0.1) is 51.0 Å². The Kier molecular flexibility index (Phi) is 84.6. The normalized spacial score (nSPS) is 11.7. The Labute approximate surface area is 772 Å². The maximum absolute atomic E-state index is 6.99. The molecule has 0 atom stereocenters. The Hall–Kier alpha value is -4.20. The van der Waals surface area contributed by atoms with E-state index in [0.29, 0.717) is 39.6 Å². The second-order valence-corrected chi connectivity index (χ2v) is 38.3. The standard InChI is InChI=1S/C116H208N2O6/c1-7-13-19-25-31-37-43-49-55-61-67-73-79-85-99-119-111-97-91-107(113(121-101-87-81-75-69-63-57-51-45-39-33-27-21-15-9-3)115(111)123-103-89-83-77-71-65-59-53-47-41-35-29-23-17-11-5)105-117-109-93-95-110(96-94-109)118-106-108-92-98-112(120-100-86-80-74-68-62-56-50-44-38-32-26-20-14-8-2)116(124-104-90-84-78-72-66-60-54-48-42-36-30-24-18-12-6)114(108)122-102-88-82-76-70-64-58-52-46-40-34-28-22-16-10-4/h91-98,105-106H,7-90,99-104H2,1-6H3. The van der Waals surface area contributed by atoms with Gasteiger partial charge in [0.15, 0.2) is 23.0 Å². The van der Waals surface area contributed by atoms with E-state index >= 15 is 0 Å². The highest BCUT2D eigenvalue weighted by molar-refractivity contribution is 5.89. The predicted octanol–water partition coefficient (Wildman–Crippen LogP) is 40.3. The molecule has 0 fully saturated rings. The molecule has 0 heterocycles. The second-order valence-electron chi connectivity index (χ2n) is 38.3. The first kappa shape index (κ1) is 114. The molecule has 0 saturated heterocycles. The lowest BCUT2D eigenvalue weighted by Gasteiger charge is -2.19. The minimum absolute atomic E-state index is 0.637. The van der Waals surface area contributed by atoms with Crippen LogP contribution >= 0.6 is 0 Å². The number of hydrogen-bond acceptors (Lipinski definition) is 8. The molecule has 718 valence electrons. The van der Waals surface area contributed by atoms with Crippen molar-refractivity contribution in [2.45, 2.75) is 581 Å². The minimum Gasteiger partial charge on any atom is -0.490 e.